The third-order valence-electron chi connectivity index (χ3n) is 5.23. The van der Waals surface area contributed by atoms with Crippen molar-refractivity contribution in [3.63, 3.8) is 0 Å². The van der Waals surface area contributed by atoms with E-state index in [1.807, 2.05) is 91.9 Å². The summed E-state index contributed by atoms with van der Waals surface area (Å²) >= 11 is 0. The Morgan fingerprint density at radius 3 is 2.41 bits per heavy atom. The lowest BCUT2D eigenvalue weighted by molar-refractivity contribution is -0.122. The number of hydrogen-bond donors (Lipinski definition) is 3. The van der Waals surface area contributed by atoms with E-state index in [4.69, 9.17) is 4.74 Å². The molecular formula is C28H31N3O3. The van der Waals surface area contributed by atoms with Crippen molar-refractivity contribution in [3.8, 4) is 5.75 Å². The van der Waals surface area contributed by atoms with Gasteiger partial charge in [-0.1, -0.05) is 60.2 Å². The van der Waals surface area contributed by atoms with E-state index in [9.17, 15) is 9.59 Å². The van der Waals surface area contributed by atoms with Crippen molar-refractivity contribution in [2.45, 2.75) is 19.4 Å². The molecule has 6 heteroatoms. The van der Waals surface area contributed by atoms with Crippen LogP contribution in [0.25, 0.3) is 6.08 Å². The van der Waals surface area contributed by atoms with E-state index in [0.717, 1.165) is 22.6 Å². The SMILES string of the molecule is COc1ccc(NCCNC(=O)[C@H](CC=Cc2ccccc2)NC(=O)c2cccc(C)c2)cc1. The van der Waals surface area contributed by atoms with Gasteiger partial charge in [-0.05, 0) is 55.3 Å². The maximum atomic E-state index is 12.9. The van der Waals surface area contributed by atoms with Crippen LogP contribution in [0.4, 0.5) is 5.69 Å². The zero-order valence-electron chi connectivity index (χ0n) is 19.6. The number of ether oxygens (including phenoxy) is 1. The molecule has 0 bridgehead atoms. The fourth-order valence-electron chi connectivity index (χ4n) is 3.39. The molecule has 0 aliphatic carbocycles. The normalized spacial score (nSPS) is 11.6. The molecule has 176 valence electrons. The van der Waals surface area contributed by atoms with Gasteiger partial charge in [-0.25, -0.2) is 0 Å². The van der Waals surface area contributed by atoms with Gasteiger partial charge in [0, 0.05) is 24.3 Å². The minimum atomic E-state index is -0.686. The highest BCUT2D eigenvalue weighted by Gasteiger charge is 2.20. The number of rotatable bonds is 11. The molecule has 0 aliphatic heterocycles. The second-order valence-corrected chi connectivity index (χ2v) is 7.89. The zero-order valence-corrected chi connectivity index (χ0v) is 19.6. The van der Waals surface area contributed by atoms with Gasteiger partial charge in [-0.3, -0.25) is 9.59 Å². The van der Waals surface area contributed by atoms with Crippen molar-refractivity contribution in [3.05, 3.63) is 102 Å². The summed E-state index contributed by atoms with van der Waals surface area (Å²) < 4.78 is 5.16. The van der Waals surface area contributed by atoms with Crippen LogP contribution in [0.5, 0.6) is 5.75 Å². The highest BCUT2D eigenvalue weighted by Crippen LogP contribution is 2.14. The van der Waals surface area contributed by atoms with Crippen LogP contribution in [-0.4, -0.2) is 38.1 Å². The minimum Gasteiger partial charge on any atom is -0.497 e. The van der Waals surface area contributed by atoms with E-state index in [1.54, 1.807) is 13.2 Å². The van der Waals surface area contributed by atoms with Gasteiger partial charge < -0.3 is 20.7 Å². The van der Waals surface area contributed by atoms with Crippen LogP contribution < -0.4 is 20.7 Å². The van der Waals surface area contributed by atoms with Gasteiger partial charge >= 0.3 is 0 Å². The summed E-state index contributed by atoms with van der Waals surface area (Å²) in [6.07, 6.45) is 4.24. The average molecular weight is 458 g/mol. The largest absolute Gasteiger partial charge is 0.497 e. The fraction of sp³-hybridized carbons (Fsp3) is 0.214. The lowest BCUT2D eigenvalue weighted by Crippen LogP contribution is -2.47. The lowest BCUT2D eigenvalue weighted by atomic mass is 10.1. The zero-order chi connectivity index (χ0) is 24.2. The molecule has 3 aromatic rings. The molecule has 0 heterocycles. The van der Waals surface area contributed by atoms with E-state index in [0.29, 0.717) is 25.1 Å². The predicted octanol–water partition coefficient (Wildman–Crippen LogP) is 4.43. The first-order valence-electron chi connectivity index (χ1n) is 11.3. The maximum Gasteiger partial charge on any atom is 0.251 e. The summed E-state index contributed by atoms with van der Waals surface area (Å²) in [6, 6.07) is 24.1. The monoisotopic (exact) mass is 457 g/mol. The number of carbonyl (C=O) groups is 2. The van der Waals surface area contributed by atoms with Crippen LogP contribution in [0.15, 0.2) is 84.9 Å². The quantitative estimate of drug-likeness (QED) is 0.372. The molecule has 6 nitrogen and oxygen atoms in total. The molecule has 34 heavy (non-hydrogen) atoms. The Labute approximate surface area is 201 Å². The Bertz CT molecular complexity index is 1100. The second-order valence-electron chi connectivity index (χ2n) is 7.89. The van der Waals surface area contributed by atoms with Crippen molar-refractivity contribution in [1.29, 1.82) is 0 Å². The van der Waals surface area contributed by atoms with E-state index < -0.39 is 6.04 Å². The number of methoxy groups -OCH3 is 1. The minimum absolute atomic E-state index is 0.227. The molecule has 3 rings (SSSR count). The number of aryl methyl sites for hydroxylation is 1. The summed E-state index contributed by atoms with van der Waals surface area (Å²) in [5.41, 5.74) is 3.49. The summed E-state index contributed by atoms with van der Waals surface area (Å²) in [7, 11) is 1.63. The highest BCUT2D eigenvalue weighted by atomic mass is 16.5. The number of anilines is 1. The summed E-state index contributed by atoms with van der Waals surface area (Å²) in [5, 5.41) is 9.06. The van der Waals surface area contributed by atoms with Gasteiger partial charge in [0.05, 0.1) is 7.11 Å². The third-order valence-corrected chi connectivity index (χ3v) is 5.23. The molecular weight excluding hydrogens is 426 g/mol. The molecule has 0 saturated heterocycles. The number of benzene rings is 3. The Morgan fingerprint density at radius 1 is 0.941 bits per heavy atom. The Kier molecular flexibility index (Phi) is 9.29. The molecule has 0 fully saturated rings. The average Bonchev–Trinajstić information content (AvgIpc) is 2.86. The third kappa shape index (κ3) is 7.81. The smallest absolute Gasteiger partial charge is 0.251 e. The Hall–Kier alpha value is -4.06. The summed E-state index contributed by atoms with van der Waals surface area (Å²) in [6.45, 7) is 2.90. The number of carbonyl (C=O) groups excluding carboxylic acids is 2. The van der Waals surface area contributed by atoms with Gasteiger partial charge in [0.25, 0.3) is 5.91 Å². The van der Waals surface area contributed by atoms with Crippen LogP contribution in [0.1, 0.15) is 27.9 Å². The van der Waals surface area contributed by atoms with Crippen LogP contribution in [-0.2, 0) is 4.79 Å². The summed E-state index contributed by atoms with van der Waals surface area (Å²) in [4.78, 5) is 25.7. The van der Waals surface area contributed by atoms with E-state index in [2.05, 4.69) is 16.0 Å². The molecule has 0 aliphatic rings. The topological polar surface area (TPSA) is 79.5 Å². The second kappa shape index (κ2) is 12.8. The first kappa shape index (κ1) is 24.6. The van der Waals surface area contributed by atoms with Gasteiger partial charge in [-0.15, -0.1) is 0 Å². The van der Waals surface area contributed by atoms with E-state index in [1.165, 1.54) is 0 Å². The molecule has 0 radical (unpaired) electrons. The first-order chi connectivity index (χ1) is 16.5. The molecule has 1 atom stereocenters. The van der Waals surface area contributed by atoms with Gasteiger partial charge in [0.15, 0.2) is 0 Å². The molecule has 0 aromatic heterocycles. The van der Waals surface area contributed by atoms with Gasteiger partial charge in [-0.2, -0.15) is 0 Å². The number of hydrogen-bond acceptors (Lipinski definition) is 4. The van der Waals surface area contributed by atoms with E-state index in [-0.39, 0.29) is 11.8 Å². The lowest BCUT2D eigenvalue weighted by Gasteiger charge is -2.18. The number of amides is 2. The Morgan fingerprint density at radius 2 is 1.71 bits per heavy atom. The molecule has 3 N–H and O–H groups in total. The van der Waals surface area contributed by atoms with Crippen molar-refractivity contribution in [1.82, 2.24) is 10.6 Å². The molecule has 3 aromatic carbocycles. The van der Waals surface area contributed by atoms with Crippen LogP contribution in [0.3, 0.4) is 0 Å². The van der Waals surface area contributed by atoms with Crippen LogP contribution in [0.2, 0.25) is 0 Å². The number of nitrogens with one attached hydrogen (secondary N) is 3. The molecule has 0 spiro atoms. The highest BCUT2D eigenvalue weighted by molar-refractivity contribution is 5.97. The molecule has 2 amide bonds. The van der Waals surface area contributed by atoms with Crippen molar-refractivity contribution >= 4 is 23.6 Å². The van der Waals surface area contributed by atoms with Crippen LogP contribution >= 0.6 is 0 Å². The van der Waals surface area contributed by atoms with Crippen molar-refractivity contribution in [2.24, 2.45) is 0 Å². The Balaban J connectivity index is 1.58. The van der Waals surface area contributed by atoms with Gasteiger partial charge in [0.1, 0.15) is 11.8 Å². The van der Waals surface area contributed by atoms with Gasteiger partial charge in [0.2, 0.25) is 5.91 Å². The standard InChI is InChI=1S/C28H31N3O3/c1-21-8-6-12-23(20-21)27(32)31-26(13-7-11-22-9-4-3-5-10-22)28(33)30-19-18-29-24-14-16-25(34-2)17-15-24/h3-12,14-17,20,26,29H,13,18-19H2,1-2H3,(H,30,33)(H,31,32)/t26-/m0/s1. The fourth-order valence-corrected chi connectivity index (χ4v) is 3.39. The van der Waals surface area contributed by atoms with E-state index >= 15 is 0 Å². The maximum absolute atomic E-state index is 12.9. The first-order valence-corrected chi connectivity index (χ1v) is 11.3. The van der Waals surface area contributed by atoms with Crippen molar-refractivity contribution < 1.29 is 14.3 Å². The van der Waals surface area contributed by atoms with Crippen molar-refractivity contribution in [2.75, 3.05) is 25.5 Å². The van der Waals surface area contributed by atoms with Crippen LogP contribution in [0, 0.1) is 6.92 Å². The summed E-state index contributed by atoms with van der Waals surface area (Å²) in [5.74, 6) is 0.290. The molecule has 0 saturated carbocycles. The predicted molar refractivity (Wildman–Crippen MR) is 137 cm³/mol. The molecule has 0 unspecified atom stereocenters.